The van der Waals surface area contributed by atoms with Crippen LogP contribution >= 0.6 is 0 Å². The van der Waals surface area contributed by atoms with E-state index in [9.17, 15) is 10.1 Å². The number of nitro benzene ring substituents is 1. The summed E-state index contributed by atoms with van der Waals surface area (Å²) in [5.74, 6) is 0. The number of hydrogen-bond acceptors (Lipinski definition) is 5. The SMILES string of the molecule is CCC(c1cccc([N+](=O)[O-])c1)N1CCN(C)CC1CN. The van der Waals surface area contributed by atoms with E-state index in [1.807, 2.05) is 6.07 Å². The van der Waals surface area contributed by atoms with Crippen LogP contribution in [0.1, 0.15) is 24.9 Å². The van der Waals surface area contributed by atoms with E-state index in [-0.39, 0.29) is 16.7 Å². The summed E-state index contributed by atoms with van der Waals surface area (Å²) >= 11 is 0. The van der Waals surface area contributed by atoms with E-state index in [0.29, 0.717) is 12.6 Å². The number of nitrogens with two attached hydrogens (primary N) is 1. The molecule has 1 fully saturated rings. The lowest BCUT2D eigenvalue weighted by Gasteiger charge is -2.44. The first-order chi connectivity index (χ1) is 10.1. The number of nitrogens with zero attached hydrogens (tertiary/aromatic N) is 3. The first-order valence-electron chi connectivity index (χ1n) is 7.45. The minimum Gasteiger partial charge on any atom is -0.329 e. The van der Waals surface area contributed by atoms with E-state index in [1.54, 1.807) is 18.2 Å². The molecule has 0 aromatic heterocycles. The Bertz CT molecular complexity index is 494. The maximum Gasteiger partial charge on any atom is 0.269 e. The summed E-state index contributed by atoms with van der Waals surface area (Å²) in [7, 11) is 2.11. The molecule has 116 valence electrons. The largest absolute Gasteiger partial charge is 0.329 e. The lowest BCUT2D eigenvalue weighted by atomic mass is 9.98. The minimum atomic E-state index is -0.333. The van der Waals surface area contributed by atoms with Crippen molar-refractivity contribution < 1.29 is 4.92 Å². The number of nitro groups is 1. The van der Waals surface area contributed by atoms with Crippen molar-refractivity contribution in [3.8, 4) is 0 Å². The first kappa shape index (κ1) is 15.9. The normalized spacial score (nSPS) is 22.1. The van der Waals surface area contributed by atoms with Crippen molar-refractivity contribution in [3.63, 3.8) is 0 Å². The monoisotopic (exact) mass is 292 g/mol. The molecule has 0 bridgehead atoms. The highest BCUT2D eigenvalue weighted by Crippen LogP contribution is 2.29. The van der Waals surface area contributed by atoms with Crippen molar-refractivity contribution in [2.24, 2.45) is 5.73 Å². The molecule has 1 saturated heterocycles. The topological polar surface area (TPSA) is 75.6 Å². The molecule has 2 N–H and O–H groups in total. The van der Waals surface area contributed by atoms with Gasteiger partial charge in [0.2, 0.25) is 0 Å². The average molecular weight is 292 g/mol. The molecule has 6 heteroatoms. The van der Waals surface area contributed by atoms with Gasteiger partial charge in [-0.05, 0) is 19.0 Å². The van der Waals surface area contributed by atoms with E-state index in [0.717, 1.165) is 31.6 Å². The van der Waals surface area contributed by atoms with E-state index in [1.165, 1.54) is 0 Å². The second kappa shape index (κ2) is 6.98. The smallest absolute Gasteiger partial charge is 0.269 e. The Balaban J connectivity index is 2.26. The van der Waals surface area contributed by atoms with Gasteiger partial charge in [-0.1, -0.05) is 19.1 Å². The quantitative estimate of drug-likeness (QED) is 0.659. The Hall–Kier alpha value is -1.50. The van der Waals surface area contributed by atoms with Crippen molar-refractivity contribution in [2.75, 3.05) is 33.2 Å². The average Bonchev–Trinajstić information content (AvgIpc) is 2.49. The van der Waals surface area contributed by atoms with Gasteiger partial charge in [0, 0.05) is 50.4 Å². The number of non-ortho nitro benzene ring substituents is 1. The van der Waals surface area contributed by atoms with Gasteiger partial charge in [0.15, 0.2) is 0 Å². The minimum absolute atomic E-state index is 0.157. The van der Waals surface area contributed by atoms with Crippen LogP contribution in [0.25, 0.3) is 0 Å². The van der Waals surface area contributed by atoms with Crippen molar-refractivity contribution in [2.45, 2.75) is 25.4 Å². The third-order valence-corrected chi connectivity index (χ3v) is 4.26. The zero-order valence-electron chi connectivity index (χ0n) is 12.7. The summed E-state index contributed by atoms with van der Waals surface area (Å²) in [5.41, 5.74) is 7.09. The van der Waals surface area contributed by atoms with Gasteiger partial charge >= 0.3 is 0 Å². The van der Waals surface area contributed by atoms with Gasteiger partial charge in [-0.2, -0.15) is 0 Å². The predicted molar refractivity (Wildman–Crippen MR) is 83.2 cm³/mol. The summed E-state index contributed by atoms with van der Waals surface area (Å²) in [6, 6.07) is 7.47. The molecular formula is C15H24N4O2. The molecule has 6 nitrogen and oxygen atoms in total. The Kier molecular flexibility index (Phi) is 5.27. The molecule has 0 saturated carbocycles. The molecule has 2 atom stereocenters. The van der Waals surface area contributed by atoms with Crippen LogP contribution in [0.15, 0.2) is 24.3 Å². The molecule has 0 amide bonds. The Morgan fingerprint density at radius 1 is 1.48 bits per heavy atom. The van der Waals surface area contributed by atoms with Crippen LogP contribution in [0, 0.1) is 10.1 Å². The van der Waals surface area contributed by atoms with Gasteiger partial charge in [0.05, 0.1) is 4.92 Å². The molecule has 0 aliphatic carbocycles. The lowest BCUT2D eigenvalue weighted by Crippen LogP contribution is -2.55. The molecule has 21 heavy (non-hydrogen) atoms. The summed E-state index contributed by atoms with van der Waals surface area (Å²) in [4.78, 5) is 15.3. The van der Waals surface area contributed by atoms with Crippen LogP contribution in [-0.4, -0.2) is 54.0 Å². The highest BCUT2D eigenvalue weighted by atomic mass is 16.6. The van der Waals surface area contributed by atoms with E-state index < -0.39 is 0 Å². The maximum atomic E-state index is 11.0. The molecule has 2 rings (SSSR count). The molecule has 2 unspecified atom stereocenters. The third-order valence-electron chi connectivity index (χ3n) is 4.26. The van der Waals surface area contributed by atoms with E-state index in [4.69, 9.17) is 5.73 Å². The molecule has 1 aliphatic heterocycles. The lowest BCUT2D eigenvalue weighted by molar-refractivity contribution is -0.385. The second-order valence-electron chi connectivity index (χ2n) is 5.67. The van der Waals surface area contributed by atoms with Gasteiger partial charge in [-0.25, -0.2) is 0 Å². The molecule has 0 radical (unpaired) electrons. The van der Waals surface area contributed by atoms with E-state index >= 15 is 0 Å². The predicted octanol–water partition coefficient (Wildman–Crippen LogP) is 1.62. The molecular weight excluding hydrogens is 268 g/mol. The standard InChI is InChI=1S/C15H24N4O2/c1-3-15(12-5-4-6-13(9-12)19(20)21)18-8-7-17(2)11-14(18)10-16/h4-6,9,14-15H,3,7-8,10-11,16H2,1-2H3. The Labute approximate surface area is 125 Å². The molecule has 1 aliphatic rings. The zero-order valence-corrected chi connectivity index (χ0v) is 12.7. The molecule has 0 spiro atoms. The highest BCUT2D eigenvalue weighted by molar-refractivity contribution is 5.36. The third kappa shape index (κ3) is 3.58. The fourth-order valence-corrected chi connectivity index (χ4v) is 3.15. The number of benzene rings is 1. The number of hydrogen-bond donors (Lipinski definition) is 1. The fourth-order valence-electron chi connectivity index (χ4n) is 3.15. The van der Waals surface area contributed by atoms with Crippen LogP contribution in [-0.2, 0) is 0 Å². The first-order valence-corrected chi connectivity index (χ1v) is 7.45. The second-order valence-corrected chi connectivity index (χ2v) is 5.67. The van der Waals surface area contributed by atoms with E-state index in [2.05, 4.69) is 23.8 Å². The Morgan fingerprint density at radius 2 is 2.24 bits per heavy atom. The van der Waals surface area contributed by atoms with Crippen molar-refractivity contribution in [3.05, 3.63) is 39.9 Å². The molecule has 1 aromatic carbocycles. The van der Waals surface area contributed by atoms with Gasteiger partial charge in [0.1, 0.15) is 0 Å². The molecule has 1 aromatic rings. The summed E-state index contributed by atoms with van der Waals surface area (Å²) in [6.45, 7) is 5.62. The fraction of sp³-hybridized carbons (Fsp3) is 0.600. The van der Waals surface area contributed by atoms with Gasteiger partial charge in [0.25, 0.3) is 5.69 Å². The van der Waals surface area contributed by atoms with Crippen LogP contribution in [0.3, 0.4) is 0 Å². The van der Waals surface area contributed by atoms with Crippen molar-refractivity contribution >= 4 is 5.69 Å². The summed E-state index contributed by atoms with van der Waals surface area (Å²) in [6.07, 6.45) is 0.918. The maximum absolute atomic E-state index is 11.0. The summed E-state index contributed by atoms with van der Waals surface area (Å²) in [5, 5.41) is 11.0. The Morgan fingerprint density at radius 3 is 2.86 bits per heavy atom. The van der Waals surface area contributed by atoms with Crippen LogP contribution in [0.2, 0.25) is 0 Å². The van der Waals surface area contributed by atoms with Gasteiger partial charge in [-0.3, -0.25) is 15.0 Å². The van der Waals surface area contributed by atoms with Gasteiger partial charge in [-0.15, -0.1) is 0 Å². The summed E-state index contributed by atoms with van der Waals surface area (Å²) < 4.78 is 0. The number of piperazine rings is 1. The van der Waals surface area contributed by atoms with Crippen LogP contribution < -0.4 is 5.73 Å². The van der Waals surface area contributed by atoms with Gasteiger partial charge < -0.3 is 10.6 Å². The highest BCUT2D eigenvalue weighted by Gasteiger charge is 2.30. The molecule has 1 heterocycles. The van der Waals surface area contributed by atoms with Crippen molar-refractivity contribution in [1.82, 2.24) is 9.80 Å². The number of likely N-dealkylation sites (N-methyl/N-ethyl adjacent to an activating group) is 1. The zero-order chi connectivity index (χ0) is 15.4. The van der Waals surface area contributed by atoms with Crippen molar-refractivity contribution in [1.29, 1.82) is 0 Å². The van der Waals surface area contributed by atoms with Crippen LogP contribution in [0.5, 0.6) is 0 Å². The number of rotatable bonds is 5. The van der Waals surface area contributed by atoms with Crippen LogP contribution in [0.4, 0.5) is 5.69 Å².